The number of aliphatic hydroxyl groups excluding tert-OH is 1. The van der Waals surface area contributed by atoms with E-state index in [1.165, 1.54) is 20.8 Å². The SMILES string of the molecule is CCOCC(COC(C)=O)COC(=O)CCCCCCCN(CCO)CCCCCCCC(=O)OCC(COC(C)=O)COC(C)=O. The van der Waals surface area contributed by atoms with Crippen LogP contribution in [0.15, 0.2) is 0 Å². The van der Waals surface area contributed by atoms with Gasteiger partial charge in [0.15, 0.2) is 0 Å². The average molecular weight is 676 g/mol. The van der Waals surface area contributed by atoms with Crippen LogP contribution in [0.2, 0.25) is 0 Å². The highest BCUT2D eigenvalue weighted by atomic mass is 16.6. The van der Waals surface area contributed by atoms with Gasteiger partial charge in [0.2, 0.25) is 0 Å². The number of hydrogen-bond donors (Lipinski definition) is 1. The van der Waals surface area contributed by atoms with Gasteiger partial charge in [-0.3, -0.25) is 24.0 Å². The van der Waals surface area contributed by atoms with E-state index in [9.17, 15) is 29.1 Å². The topological polar surface area (TPSA) is 164 Å². The molecule has 0 aliphatic heterocycles. The summed E-state index contributed by atoms with van der Waals surface area (Å²) in [6, 6.07) is 0. The van der Waals surface area contributed by atoms with Crippen molar-refractivity contribution in [2.75, 3.05) is 72.5 Å². The minimum absolute atomic E-state index is 0.0148. The summed E-state index contributed by atoms with van der Waals surface area (Å²) >= 11 is 0. The molecule has 0 aliphatic rings. The number of esters is 5. The Balaban J connectivity index is 3.96. The lowest BCUT2D eigenvalue weighted by Gasteiger charge is -2.21. The predicted octanol–water partition coefficient (Wildman–Crippen LogP) is 4.01. The summed E-state index contributed by atoms with van der Waals surface area (Å²) in [6.07, 6.45) is 10.2. The molecule has 0 fully saturated rings. The van der Waals surface area contributed by atoms with E-state index in [1.54, 1.807) is 0 Å². The van der Waals surface area contributed by atoms with Gasteiger partial charge in [-0.1, -0.05) is 38.5 Å². The van der Waals surface area contributed by atoms with E-state index in [4.69, 9.17) is 28.4 Å². The summed E-state index contributed by atoms with van der Waals surface area (Å²) in [5, 5.41) is 9.45. The summed E-state index contributed by atoms with van der Waals surface area (Å²) in [6.45, 7) is 9.71. The molecule has 274 valence electrons. The van der Waals surface area contributed by atoms with Crippen LogP contribution >= 0.6 is 0 Å². The lowest BCUT2D eigenvalue weighted by Crippen LogP contribution is -2.29. The lowest BCUT2D eigenvalue weighted by molar-refractivity contribution is -0.153. The molecule has 0 heterocycles. The van der Waals surface area contributed by atoms with Gasteiger partial charge in [-0.2, -0.15) is 0 Å². The van der Waals surface area contributed by atoms with Gasteiger partial charge < -0.3 is 38.4 Å². The molecule has 13 nitrogen and oxygen atoms in total. The van der Waals surface area contributed by atoms with Gasteiger partial charge in [-0.25, -0.2) is 0 Å². The third-order valence-electron chi connectivity index (χ3n) is 7.21. The first-order chi connectivity index (χ1) is 22.6. The molecular formula is C34H61NO12. The molecule has 0 bridgehead atoms. The highest BCUT2D eigenvalue weighted by Crippen LogP contribution is 2.11. The Bertz CT molecular complexity index is 835. The van der Waals surface area contributed by atoms with Gasteiger partial charge in [-0.05, 0) is 45.7 Å². The number of hydrogen-bond acceptors (Lipinski definition) is 13. The largest absolute Gasteiger partial charge is 0.465 e. The maximum atomic E-state index is 12.1. The fourth-order valence-electron chi connectivity index (χ4n) is 4.59. The second kappa shape index (κ2) is 30.6. The number of carbonyl (C=O) groups is 5. The number of ether oxygens (including phenoxy) is 6. The van der Waals surface area contributed by atoms with Crippen LogP contribution in [0.25, 0.3) is 0 Å². The molecule has 0 aliphatic carbocycles. The fraction of sp³-hybridized carbons (Fsp3) is 0.853. The number of aliphatic hydroxyl groups is 1. The molecule has 0 spiro atoms. The van der Waals surface area contributed by atoms with Crippen molar-refractivity contribution in [1.29, 1.82) is 0 Å². The summed E-state index contributed by atoms with van der Waals surface area (Å²) in [5.41, 5.74) is 0. The van der Waals surface area contributed by atoms with Crippen molar-refractivity contribution in [1.82, 2.24) is 4.90 Å². The Morgan fingerprint density at radius 2 is 0.872 bits per heavy atom. The van der Waals surface area contributed by atoms with Crippen molar-refractivity contribution in [3.63, 3.8) is 0 Å². The Labute approximate surface area is 281 Å². The molecule has 0 saturated heterocycles. The standard InChI is InChI=1S/C34H61NO12/c1-5-42-22-31(23-43-28(2)37)26-46-33(40)16-12-8-6-10-14-18-35(20-21-36)19-15-11-7-9-13-17-34(41)47-27-32(24-44-29(3)38)25-45-30(4)39/h31-32,36H,5-27H2,1-4H3. The Morgan fingerprint density at radius 1 is 0.511 bits per heavy atom. The molecule has 0 rings (SSSR count). The van der Waals surface area contributed by atoms with Crippen LogP contribution in [0, 0.1) is 11.8 Å². The number of rotatable bonds is 31. The normalized spacial score (nSPS) is 11.7. The Hall–Kier alpha value is -2.77. The smallest absolute Gasteiger partial charge is 0.305 e. The zero-order valence-electron chi connectivity index (χ0n) is 29.3. The van der Waals surface area contributed by atoms with E-state index in [0.29, 0.717) is 32.6 Å². The van der Waals surface area contributed by atoms with Crippen LogP contribution in [0.3, 0.4) is 0 Å². The predicted molar refractivity (Wildman–Crippen MR) is 174 cm³/mol. The molecule has 0 aromatic carbocycles. The van der Waals surface area contributed by atoms with Crippen LogP contribution in [-0.4, -0.2) is 112 Å². The van der Waals surface area contributed by atoms with Crippen molar-refractivity contribution >= 4 is 29.8 Å². The molecule has 0 aromatic rings. The lowest BCUT2D eigenvalue weighted by atomic mass is 10.1. The highest BCUT2D eigenvalue weighted by Gasteiger charge is 2.16. The van der Waals surface area contributed by atoms with Gasteiger partial charge >= 0.3 is 29.8 Å². The van der Waals surface area contributed by atoms with E-state index in [1.807, 2.05) is 6.92 Å². The van der Waals surface area contributed by atoms with Gasteiger partial charge in [0.1, 0.15) is 19.8 Å². The Kier molecular flexibility index (Phi) is 28.8. The zero-order valence-corrected chi connectivity index (χ0v) is 29.3. The van der Waals surface area contributed by atoms with Crippen LogP contribution in [0.1, 0.15) is 105 Å². The molecule has 0 aromatic heterocycles. The minimum atomic E-state index is -0.451. The zero-order chi connectivity index (χ0) is 35.1. The van der Waals surface area contributed by atoms with Crippen molar-refractivity contribution in [2.45, 2.75) is 105 Å². The molecular weight excluding hydrogens is 614 g/mol. The molecule has 0 saturated carbocycles. The van der Waals surface area contributed by atoms with E-state index in [0.717, 1.165) is 77.3 Å². The van der Waals surface area contributed by atoms with Crippen LogP contribution in [0.5, 0.6) is 0 Å². The van der Waals surface area contributed by atoms with Crippen LogP contribution < -0.4 is 0 Å². The maximum absolute atomic E-state index is 12.1. The van der Waals surface area contributed by atoms with Crippen LogP contribution in [0.4, 0.5) is 0 Å². The first kappa shape index (κ1) is 44.2. The van der Waals surface area contributed by atoms with Crippen LogP contribution in [-0.2, 0) is 52.4 Å². The van der Waals surface area contributed by atoms with E-state index < -0.39 is 17.9 Å². The first-order valence-electron chi connectivity index (χ1n) is 17.2. The molecule has 1 N–H and O–H groups in total. The summed E-state index contributed by atoms with van der Waals surface area (Å²) in [5.74, 6) is -2.42. The summed E-state index contributed by atoms with van der Waals surface area (Å²) in [7, 11) is 0. The average Bonchev–Trinajstić information content (AvgIpc) is 3.02. The first-order valence-corrected chi connectivity index (χ1v) is 17.2. The monoisotopic (exact) mass is 675 g/mol. The molecule has 47 heavy (non-hydrogen) atoms. The maximum Gasteiger partial charge on any atom is 0.305 e. The second-order valence-corrected chi connectivity index (χ2v) is 11.8. The van der Waals surface area contributed by atoms with Gasteiger partial charge in [0, 0.05) is 46.8 Å². The third-order valence-corrected chi connectivity index (χ3v) is 7.21. The minimum Gasteiger partial charge on any atom is -0.465 e. The van der Waals surface area contributed by atoms with Gasteiger partial charge in [0.25, 0.3) is 0 Å². The molecule has 1 atom stereocenters. The van der Waals surface area contributed by atoms with Crippen molar-refractivity contribution in [3.05, 3.63) is 0 Å². The summed E-state index contributed by atoms with van der Waals surface area (Å²) in [4.78, 5) is 59.6. The number of nitrogens with zero attached hydrogens (tertiary/aromatic N) is 1. The fourth-order valence-corrected chi connectivity index (χ4v) is 4.59. The second-order valence-electron chi connectivity index (χ2n) is 11.8. The number of unbranched alkanes of at least 4 members (excludes halogenated alkanes) is 8. The van der Waals surface area contributed by atoms with Gasteiger partial charge in [0.05, 0.1) is 38.3 Å². The molecule has 1 unspecified atom stereocenters. The molecule has 0 radical (unpaired) electrons. The number of carbonyl (C=O) groups excluding carboxylic acids is 5. The highest BCUT2D eigenvalue weighted by molar-refractivity contribution is 5.69. The van der Waals surface area contributed by atoms with Crippen molar-refractivity contribution in [2.24, 2.45) is 11.8 Å². The quantitative estimate of drug-likeness (QED) is 0.0638. The third kappa shape index (κ3) is 30.3. The Morgan fingerprint density at radius 3 is 1.26 bits per heavy atom. The van der Waals surface area contributed by atoms with Gasteiger partial charge in [-0.15, -0.1) is 0 Å². The van der Waals surface area contributed by atoms with E-state index in [-0.39, 0.29) is 63.5 Å². The van der Waals surface area contributed by atoms with E-state index >= 15 is 0 Å². The summed E-state index contributed by atoms with van der Waals surface area (Å²) < 4.78 is 30.9. The van der Waals surface area contributed by atoms with Crippen molar-refractivity contribution < 1.29 is 57.5 Å². The molecule has 0 amide bonds. The molecule has 13 heteroatoms. The van der Waals surface area contributed by atoms with Crippen molar-refractivity contribution in [3.8, 4) is 0 Å². The van der Waals surface area contributed by atoms with E-state index in [2.05, 4.69) is 4.90 Å².